The molecule has 8 heteroatoms. The lowest BCUT2D eigenvalue weighted by Crippen LogP contribution is -2.15. The second kappa shape index (κ2) is 10.4. The second-order valence-corrected chi connectivity index (χ2v) is 9.07. The number of nitrogens with zero attached hydrogens (tertiary/aromatic N) is 3. The fourth-order valence-electron chi connectivity index (χ4n) is 2.93. The van der Waals surface area contributed by atoms with Crippen molar-refractivity contribution in [3.63, 3.8) is 0 Å². The molecule has 1 unspecified atom stereocenters. The molecule has 0 spiro atoms. The van der Waals surface area contributed by atoms with Gasteiger partial charge in [-0.25, -0.2) is 0 Å². The quantitative estimate of drug-likeness (QED) is 0.329. The van der Waals surface area contributed by atoms with Crippen LogP contribution in [0.15, 0.2) is 47.6 Å². The van der Waals surface area contributed by atoms with E-state index in [0.717, 1.165) is 40.3 Å². The molecule has 1 heterocycles. The number of hydrogen-bond acceptors (Lipinski definition) is 5. The van der Waals surface area contributed by atoms with E-state index in [0.29, 0.717) is 16.0 Å². The van der Waals surface area contributed by atoms with Crippen LogP contribution in [0.5, 0.6) is 11.5 Å². The van der Waals surface area contributed by atoms with Gasteiger partial charge in [-0.05, 0) is 54.8 Å². The van der Waals surface area contributed by atoms with Crippen LogP contribution in [-0.2, 0) is 12.3 Å². The highest BCUT2D eigenvalue weighted by atomic mass is 35.5. The topological polar surface area (TPSA) is 49.2 Å². The molecule has 1 aromatic heterocycles. The van der Waals surface area contributed by atoms with Gasteiger partial charge in [-0.2, -0.15) is 0 Å². The van der Waals surface area contributed by atoms with Crippen molar-refractivity contribution in [1.29, 1.82) is 0 Å². The lowest BCUT2D eigenvalue weighted by molar-refractivity contribution is 0.207. The van der Waals surface area contributed by atoms with Crippen molar-refractivity contribution in [3.8, 4) is 11.5 Å². The predicted molar refractivity (Wildman–Crippen MR) is 123 cm³/mol. The predicted octanol–water partition coefficient (Wildman–Crippen LogP) is 6.68. The minimum absolute atomic E-state index is 0.246. The van der Waals surface area contributed by atoms with Gasteiger partial charge < -0.3 is 14.0 Å². The van der Waals surface area contributed by atoms with Crippen LogP contribution in [0.3, 0.4) is 0 Å². The average molecular weight is 466 g/mol. The summed E-state index contributed by atoms with van der Waals surface area (Å²) in [4.78, 5) is 0. The van der Waals surface area contributed by atoms with Crippen molar-refractivity contribution in [2.24, 2.45) is 5.92 Å². The molecule has 0 N–H and O–H groups in total. The Kier molecular flexibility index (Phi) is 7.92. The normalized spacial score (nSPS) is 12.2. The Morgan fingerprint density at radius 2 is 1.67 bits per heavy atom. The maximum absolute atomic E-state index is 6.14. The zero-order chi connectivity index (χ0) is 21.7. The maximum atomic E-state index is 6.14. The minimum atomic E-state index is -0.246. The van der Waals surface area contributed by atoms with E-state index >= 15 is 0 Å². The summed E-state index contributed by atoms with van der Waals surface area (Å²) in [7, 11) is 1.64. The molecule has 0 aliphatic rings. The molecule has 0 saturated carbocycles. The fraction of sp³-hybridized carbons (Fsp3) is 0.364. The molecule has 5 nitrogen and oxygen atoms in total. The van der Waals surface area contributed by atoms with Gasteiger partial charge in [-0.3, -0.25) is 0 Å². The van der Waals surface area contributed by atoms with Crippen LogP contribution in [0.1, 0.15) is 38.3 Å². The number of hydrogen-bond donors (Lipinski definition) is 0. The van der Waals surface area contributed by atoms with E-state index in [9.17, 15) is 0 Å². The van der Waals surface area contributed by atoms with Gasteiger partial charge in [0.2, 0.25) is 0 Å². The summed E-state index contributed by atoms with van der Waals surface area (Å²) in [5.74, 6) is 3.51. The molecule has 160 valence electrons. The molecule has 0 radical (unpaired) electrons. The summed E-state index contributed by atoms with van der Waals surface area (Å²) >= 11 is 13.8. The molecular weight excluding hydrogens is 441 g/mol. The van der Waals surface area contributed by atoms with Crippen LogP contribution in [-0.4, -0.2) is 21.9 Å². The average Bonchev–Trinajstić information content (AvgIpc) is 3.11. The lowest BCUT2D eigenvalue weighted by Gasteiger charge is -2.18. The molecule has 0 aliphatic carbocycles. The summed E-state index contributed by atoms with van der Waals surface area (Å²) in [6, 6.07) is 13.2. The number of thioether (sulfide) groups is 1. The molecule has 30 heavy (non-hydrogen) atoms. The molecule has 2 aromatic carbocycles. The number of halogens is 2. The van der Waals surface area contributed by atoms with Crippen LogP contribution in [0.4, 0.5) is 0 Å². The highest BCUT2D eigenvalue weighted by Gasteiger charge is 2.20. The number of methoxy groups -OCH3 is 1. The zero-order valence-electron chi connectivity index (χ0n) is 17.4. The van der Waals surface area contributed by atoms with Gasteiger partial charge in [0, 0.05) is 12.3 Å². The first-order chi connectivity index (χ1) is 14.4. The highest BCUT2D eigenvalue weighted by Crippen LogP contribution is 2.30. The Balaban J connectivity index is 1.76. The van der Waals surface area contributed by atoms with Gasteiger partial charge in [0.15, 0.2) is 17.1 Å². The Morgan fingerprint density at radius 1 is 0.967 bits per heavy atom. The SMILES string of the molecule is COc1ccc(OC(C)c2nnc(SCc3ccc(Cl)c(Cl)c3)n2CC(C)C)cc1. The summed E-state index contributed by atoms with van der Waals surface area (Å²) < 4.78 is 13.4. The summed E-state index contributed by atoms with van der Waals surface area (Å²) in [6.07, 6.45) is -0.246. The van der Waals surface area contributed by atoms with Crippen molar-refractivity contribution in [2.75, 3.05) is 7.11 Å². The van der Waals surface area contributed by atoms with Crippen molar-refractivity contribution in [3.05, 3.63) is 63.9 Å². The Morgan fingerprint density at radius 3 is 2.30 bits per heavy atom. The molecule has 0 aliphatic heterocycles. The molecule has 0 saturated heterocycles. The molecule has 0 fully saturated rings. The van der Waals surface area contributed by atoms with Crippen LogP contribution in [0.2, 0.25) is 10.0 Å². The number of aromatic nitrogens is 3. The zero-order valence-corrected chi connectivity index (χ0v) is 19.8. The second-order valence-electron chi connectivity index (χ2n) is 7.32. The van der Waals surface area contributed by atoms with E-state index in [2.05, 4.69) is 28.6 Å². The van der Waals surface area contributed by atoms with Crippen molar-refractivity contribution in [1.82, 2.24) is 14.8 Å². The Hall–Kier alpha value is -1.89. The van der Waals surface area contributed by atoms with Gasteiger partial charge in [0.25, 0.3) is 0 Å². The number of benzene rings is 2. The van der Waals surface area contributed by atoms with Gasteiger partial charge in [0.05, 0.1) is 17.2 Å². The van der Waals surface area contributed by atoms with Crippen molar-refractivity contribution < 1.29 is 9.47 Å². The third kappa shape index (κ3) is 5.84. The molecule has 0 bridgehead atoms. The van der Waals surface area contributed by atoms with Crippen LogP contribution >= 0.6 is 35.0 Å². The third-order valence-corrected chi connectivity index (χ3v) is 6.16. The molecule has 3 rings (SSSR count). The van der Waals surface area contributed by atoms with E-state index in [-0.39, 0.29) is 6.10 Å². The molecule has 1 atom stereocenters. The van der Waals surface area contributed by atoms with E-state index in [4.69, 9.17) is 32.7 Å². The monoisotopic (exact) mass is 465 g/mol. The highest BCUT2D eigenvalue weighted by molar-refractivity contribution is 7.98. The van der Waals surface area contributed by atoms with Crippen LogP contribution in [0, 0.1) is 5.92 Å². The van der Waals surface area contributed by atoms with E-state index < -0.39 is 0 Å². The maximum Gasteiger partial charge on any atom is 0.191 e. The number of rotatable bonds is 9. The smallest absolute Gasteiger partial charge is 0.191 e. The number of ether oxygens (including phenoxy) is 2. The molecule has 0 amide bonds. The van der Waals surface area contributed by atoms with Gasteiger partial charge in [-0.1, -0.05) is 54.9 Å². The summed E-state index contributed by atoms with van der Waals surface area (Å²) in [5, 5.41) is 10.8. The van der Waals surface area contributed by atoms with Crippen LogP contribution < -0.4 is 9.47 Å². The van der Waals surface area contributed by atoms with Gasteiger partial charge in [0.1, 0.15) is 11.5 Å². The van der Waals surface area contributed by atoms with Gasteiger partial charge >= 0.3 is 0 Å². The van der Waals surface area contributed by atoms with Crippen molar-refractivity contribution in [2.45, 2.75) is 44.3 Å². The van der Waals surface area contributed by atoms with Crippen molar-refractivity contribution >= 4 is 35.0 Å². The summed E-state index contributed by atoms with van der Waals surface area (Å²) in [5.41, 5.74) is 1.08. The first-order valence-corrected chi connectivity index (χ1v) is 11.4. The Bertz CT molecular complexity index is 977. The van der Waals surface area contributed by atoms with Gasteiger partial charge in [-0.15, -0.1) is 10.2 Å². The first kappa shape index (κ1) is 22.8. The van der Waals surface area contributed by atoms with Crippen LogP contribution in [0.25, 0.3) is 0 Å². The standard InChI is InChI=1S/C22H25Cl2N3O2S/c1-14(2)12-27-21(15(3)29-18-8-6-17(28-4)7-9-18)25-26-22(27)30-13-16-5-10-19(23)20(24)11-16/h5-11,14-15H,12-13H2,1-4H3. The third-order valence-electron chi connectivity index (χ3n) is 4.38. The lowest BCUT2D eigenvalue weighted by atomic mass is 10.2. The largest absolute Gasteiger partial charge is 0.497 e. The minimum Gasteiger partial charge on any atom is -0.497 e. The summed E-state index contributed by atoms with van der Waals surface area (Å²) in [6.45, 7) is 7.14. The molecule has 3 aromatic rings. The first-order valence-electron chi connectivity index (χ1n) is 9.68. The Labute approximate surface area is 191 Å². The molecular formula is C22H25Cl2N3O2S. The van der Waals surface area contributed by atoms with E-state index in [1.807, 2.05) is 49.4 Å². The fourth-order valence-corrected chi connectivity index (χ4v) is 4.15. The van der Waals surface area contributed by atoms with E-state index in [1.54, 1.807) is 18.9 Å². The van der Waals surface area contributed by atoms with E-state index in [1.165, 1.54) is 0 Å².